The zero-order valence-electron chi connectivity index (χ0n) is 8.33. The largest absolute Gasteiger partial charge is 0.480 e. The van der Waals surface area contributed by atoms with Crippen molar-refractivity contribution in [2.24, 2.45) is 5.73 Å². The minimum atomic E-state index is -0.946. The molecule has 0 bridgehead atoms. The molecule has 0 saturated heterocycles. The lowest BCUT2D eigenvalue weighted by molar-refractivity contribution is -0.137. The number of aryl methyl sites for hydroxylation is 1. The third-order valence-electron chi connectivity index (χ3n) is 2.03. The molecule has 0 aliphatic heterocycles. The molecule has 1 rings (SSSR count). The van der Waals surface area contributed by atoms with Crippen molar-refractivity contribution in [2.45, 2.75) is 13.0 Å². The minimum absolute atomic E-state index is 0.0600. The molecular formula is C10H13BrN2O2. The molecule has 82 valence electrons. The monoisotopic (exact) mass is 272 g/mol. The molecule has 0 saturated carbocycles. The number of carboxylic acid groups (broad SMARTS) is 1. The molecule has 0 heterocycles. The minimum Gasteiger partial charge on any atom is -0.480 e. The van der Waals surface area contributed by atoms with Gasteiger partial charge in [-0.2, -0.15) is 0 Å². The SMILES string of the molecule is Cc1cc(NC(CN)C(=O)O)ccc1Br. The summed E-state index contributed by atoms with van der Waals surface area (Å²) in [6, 6.07) is 4.80. The zero-order valence-corrected chi connectivity index (χ0v) is 9.91. The van der Waals surface area contributed by atoms with Gasteiger partial charge in [0.05, 0.1) is 0 Å². The summed E-state index contributed by atoms with van der Waals surface area (Å²) in [6.45, 7) is 2.00. The summed E-state index contributed by atoms with van der Waals surface area (Å²) in [7, 11) is 0. The number of halogens is 1. The second-order valence-electron chi connectivity index (χ2n) is 3.23. The molecule has 0 amide bonds. The number of nitrogens with one attached hydrogen (secondary N) is 1. The van der Waals surface area contributed by atoms with Crippen LogP contribution >= 0.6 is 15.9 Å². The first-order valence-corrected chi connectivity index (χ1v) is 5.29. The highest BCUT2D eigenvalue weighted by Gasteiger charge is 2.14. The number of benzene rings is 1. The molecule has 0 radical (unpaired) electrons. The van der Waals surface area contributed by atoms with Gasteiger partial charge in [-0.1, -0.05) is 15.9 Å². The maximum Gasteiger partial charge on any atom is 0.327 e. The van der Waals surface area contributed by atoms with Gasteiger partial charge in [-0.15, -0.1) is 0 Å². The highest BCUT2D eigenvalue weighted by Crippen LogP contribution is 2.20. The normalized spacial score (nSPS) is 12.2. The first-order valence-electron chi connectivity index (χ1n) is 4.50. The van der Waals surface area contributed by atoms with Gasteiger partial charge in [0.2, 0.25) is 0 Å². The Morgan fingerprint density at radius 1 is 1.67 bits per heavy atom. The van der Waals surface area contributed by atoms with E-state index >= 15 is 0 Å². The maximum atomic E-state index is 10.7. The Morgan fingerprint density at radius 3 is 2.80 bits per heavy atom. The lowest BCUT2D eigenvalue weighted by atomic mass is 10.2. The summed E-state index contributed by atoms with van der Waals surface area (Å²) in [5.41, 5.74) is 7.14. The van der Waals surface area contributed by atoms with Crippen LogP contribution in [0.2, 0.25) is 0 Å². The molecule has 0 spiro atoms. The summed E-state index contributed by atoms with van der Waals surface area (Å²) < 4.78 is 0.993. The van der Waals surface area contributed by atoms with Crippen LogP contribution in [0.5, 0.6) is 0 Å². The van der Waals surface area contributed by atoms with Gasteiger partial charge < -0.3 is 16.2 Å². The number of aliphatic carboxylic acids is 1. The Kier molecular flexibility index (Phi) is 4.11. The fraction of sp³-hybridized carbons (Fsp3) is 0.300. The van der Waals surface area contributed by atoms with E-state index < -0.39 is 12.0 Å². The van der Waals surface area contributed by atoms with E-state index in [-0.39, 0.29) is 6.54 Å². The van der Waals surface area contributed by atoms with Gasteiger partial charge in [-0.3, -0.25) is 0 Å². The summed E-state index contributed by atoms with van der Waals surface area (Å²) in [5.74, 6) is -0.946. The van der Waals surface area contributed by atoms with E-state index in [2.05, 4.69) is 21.2 Å². The van der Waals surface area contributed by atoms with Gasteiger partial charge >= 0.3 is 5.97 Å². The van der Waals surface area contributed by atoms with Crippen molar-refractivity contribution in [3.8, 4) is 0 Å². The fourth-order valence-corrected chi connectivity index (χ4v) is 1.40. The smallest absolute Gasteiger partial charge is 0.327 e. The summed E-state index contributed by atoms with van der Waals surface area (Å²) in [6.07, 6.45) is 0. The van der Waals surface area contributed by atoms with E-state index in [1.165, 1.54) is 0 Å². The summed E-state index contributed by atoms with van der Waals surface area (Å²) in [5, 5.41) is 11.7. The van der Waals surface area contributed by atoms with Crippen LogP contribution in [0.4, 0.5) is 5.69 Å². The standard InChI is InChI=1S/C10H13BrN2O2/c1-6-4-7(2-3-8(6)11)13-9(5-12)10(14)15/h2-4,9,13H,5,12H2,1H3,(H,14,15). The highest BCUT2D eigenvalue weighted by atomic mass is 79.9. The summed E-state index contributed by atoms with van der Waals surface area (Å²) >= 11 is 3.37. The average molecular weight is 273 g/mol. The lowest BCUT2D eigenvalue weighted by Crippen LogP contribution is -2.36. The van der Waals surface area contributed by atoms with Crippen molar-refractivity contribution in [1.82, 2.24) is 0 Å². The van der Waals surface area contributed by atoms with E-state index in [1.807, 2.05) is 25.1 Å². The molecule has 0 fully saturated rings. The average Bonchev–Trinajstić information content (AvgIpc) is 2.19. The molecular weight excluding hydrogens is 260 g/mol. The van der Waals surface area contributed by atoms with Crippen molar-refractivity contribution >= 4 is 27.6 Å². The first kappa shape index (κ1) is 12.0. The Labute approximate surface area is 96.6 Å². The molecule has 0 aliphatic carbocycles. The second-order valence-corrected chi connectivity index (χ2v) is 4.09. The molecule has 15 heavy (non-hydrogen) atoms. The van der Waals surface area contributed by atoms with Gasteiger partial charge in [-0.05, 0) is 30.7 Å². The molecule has 0 aliphatic rings. The van der Waals surface area contributed by atoms with Crippen LogP contribution in [0, 0.1) is 6.92 Å². The number of rotatable bonds is 4. The Morgan fingerprint density at radius 2 is 2.33 bits per heavy atom. The number of anilines is 1. The van der Waals surface area contributed by atoms with Gasteiger partial charge in [0.25, 0.3) is 0 Å². The molecule has 1 aromatic rings. The Bertz CT molecular complexity index is 368. The maximum absolute atomic E-state index is 10.7. The van der Waals surface area contributed by atoms with Crippen LogP contribution in [-0.2, 0) is 4.79 Å². The van der Waals surface area contributed by atoms with Crippen LogP contribution in [-0.4, -0.2) is 23.7 Å². The summed E-state index contributed by atoms with van der Waals surface area (Å²) in [4.78, 5) is 10.7. The molecule has 0 aromatic heterocycles. The van der Waals surface area contributed by atoms with E-state index in [9.17, 15) is 4.79 Å². The van der Waals surface area contributed by atoms with Gasteiger partial charge in [0.1, 0.15) is 6.04 Å². The van der Waals surface area contributed by atoms with Crippen molar-refractivity contribution in [3.63, 3.8) is 0 Å². The molecule has 4 N–H and O–H groups in total. The second kappa shape index (κ2) is 5.14. The van der Waals surface area contributed by atoms with Gasteiger partial charge in [0, 0.05) is 16.7 Å². The van der Waals surface area contributed by atoms with Crippen LogP contribution in [0.15, 0.2) is 22.7 Å². The van der Waals surface area contributed by atoms with Crippen LogP contribution in [0.1, 0.15) is 5.56 Å². The van der Waals surface area contributed by atoms with Crippen molar-refractivity contribution in [2.75, 3.05) is 11.9 Å². The molecule has 1 atom stereocenters. The topological polar surface area (TPSA) is 75.3 Å². The van der Waals surface area contributed by atoms with Gasteiger partial charge in [0.15, 0.2) is 0 Å². The van der Waals surface area contributed by atoms with Crippen LogP contribution < -0.4 is 11.1 Å². The number of carboxylic acids is 1. The van der Waals surface area contributed by atoms with Crippen molar-refractivity contribution in [1.29, 1.82) is 0 Å². The number of hydrogen-bond acceptors (Lipinski definition) is 3. The number of carbonyl (C=O) groups is 1. The van der Waals surface area contributed by atoms with E-state index in [0.717, 1.165) is 15.7 Å². The molecule has 1 unspecified atom stereocenters. The lowest BCUT2D eigenvalue weighted by Gasteiger charge is -2.14. The molecule has 4 nitrogen and oxygen atoms in total. The number of nitrogens with two attached hydrogens (primary N) is 1. The Balaban J connectivity index is 2.80. The fourth-order valence-electron chi connectivity index (χ4n) is 1.16. The van der Waals surface area contributed by atoms with Crippen molar-refractivity contribution < 1.29 is 9.90 Å². The van der Waals surface area contributed by atoms with Gasteiger partial charge in [-0.25, -0.2) is 4.79 Å². The first-order chi connectivity index (χ1) is 7.04. The van der Waals surface area contributed by atoms with E-state index in [4.69, 9.17) is 10.8 Å². The predicted octanol–water partition coefficient (Wildman–Crippen LogP) is 1.58. The third kappa shape index (κ3) is 3.21. The zero-order chi connectivity index (χ0) is 11.4. The third-order valence-corrected chi connectivity index (χ3v) is 2.92. The highest BCUT2D eigenvalue weighted by molar-refractivity contribution is 9.10. The van der Waals surface area contributed by atoms with Crippen LogP contribution in [0.25, 0.3) is 0 Å². The van der Waals surface area contributed by atoms with Crippen molar-refractivity contribution in [3.05, 3.63) is 28.2 Å². The van der Waals surface area contributed by atoms with Crippen LogP contribution in [0.3, 0.4) is 0 Å². The quantitative estimate of drug-likeness (QED) is 0.778. The predicted molar refractivity (Wildman–Crippen MR) is 63.0 cm³/mol. The van der Waals surface area contributed by atoms with E-state index in [0.29, 0.717) is 0 Å². The molecule has 5 heteroatoms. The van der Waals surface area contributed by atoms with E-state index in [1.54, 1.807) is 0 Å². The molecule has 1 aromatic carbocycles. The Hall–Kier alpha value is -1.07. The number of hydrogen-bond donors (Lipinski definition) is 3.